The molecule has 0 amide bonds. The number of rotatable bonds is 5. The lowest BCUT2D eigenvalue weighted by Gasteiger charge is -2.36. The maximum Gasteiger partial charge on any atom is 0.232 e. The molecule has 0 bridgehead atoms. The second-order valence-corrected chi connectivity index (χ2v) is 6.74. The summed E-state index contributed by atoms with van der Waals surface area (Å²) in [5.74, 6) is 0.387. The van der Waals surface area contributed by atoms with E-state index in [1.165, 1.54) is 0 Å². The monoisotopic (exact) mass is 335 g/mol. The lowest BCUT2D eigenvalue weighted by molar-refractivity contribution is -0.120. The van der Waals surface area contributed by atoms with Gasteiger partial charge in [-0.15, -0.1) is 0 Å². The van der Waals surface area contributed by atoms with Gasteiger partial charge in [0, 0.05) is 30.0 Å². The van der Waals surface area contributed by atoms with Gasteiger partial charge in [0.2, 0.25) is 5.82 Å². The number of nitrogens with zero attached hydrogens (tertiary/aromatic N) is 3. The molecule has 1 saturated carbocycles. The van der Waals surface area contributed by atoms with Crippen LogP contribution in [-0.4, -0.2) is 20.9 Å². The Balaban J connectivity index is 1.84. The Hall–Kier alpha value is -2.74. The van der Waals surface area contributed by atoms with Crippen LogP contribution in [0, 0.1) is 11.3 Å². The molecular formula is C20H21N3O2. The molecule has 0 spiro atoms. The number of aromatic hydroxyl groups is 1. The van der Waals surface area contributed by atoms with Crippen LogP contribution in [0.2, 0.25) is 0 Å². The van der Waals surface area contributed by atoms with Gasteiger partial charge in [-0.05, 0) is 25.0 Å². The molecule has 0 unspecified atom stereocenters. The molecular weight excluding hydrogens is 314 g/mol. The van der Waals surface area contributed by atoms with Gasteiger partial charge < -0.3 is 5.11 Å². The van der Waals surface area contributed by atoms with Crippen molar-refractivity contribution in [3.8, 4) is 11.8 Å². The zero-order valence-corrected chi connectivity index (χ0v) is 14.1. The minimum atomic E-state index is -0.325. The molecule has 1 N–H and O–H groups in total. The van der Waals surface area contributed by atoms with Crippen LogP contribution < -0.4 is 0 Å². The highest BCUT2D eigenvalue weighted by atomic mass is 16.3. The maximum absolute atomic E-state index is 12.7. The van der Waals surface area contributed by atoms with Crippen LogP contribution in [0.15, 0.2) is 36.5 Å². The van der Waals surface area contributed by atoms with E-state index >= 15 is 0 Å². The molecule has 2 aromatic rings. The fourth-order valence-electron chi connectivity index (χ4n) is 3.77. The third-order valence-corrected chi connectivity index (χ3v) is 5.02. The Labute approximate surface area is 147 Å². The van der Waals surface area contributed by atoms with Gasteiger partial charge in [-0.2, -0.15) is 5.26 Å². The number of phenols is 1. The van der Waals surface area contributed by atoms with E-state index in [9.17, 15) is 9.90 Å². The van der Waals surface area contributed by atoms with Gasteiger partial charge in [0.25, 0.3) is 0 Å². The van der Waals surface area contributed by atoms with E-state index in [0.717, 1.165) is 37.8 Å². The van der Waals surface area contributed by atoms with E-state index in [2.05, 4.69) is 9.97 Å². The second-order valence-electron chi connectivity index (χ2n) is 6.74. The summed E-state index contributed by atoms with van der Waals surface area (Å²) in [4.78, 5) is 21.1. The van der Waals surface area contributed by atoms with E-state index in [4.69, 9.17) is 5.26 Å². The second kappa shape index (κ2) is 7.43. The first-order valence-electron chi connectivity index (χ1n) is 8.65. The first-order valence-corrected chi connectivity index (χ1v) is 8.65. The van der Waals surface area contributed by atoms with Crippen LogP contribution in [0.4, 0.5) is 0 Å². The fourth-order valence-corrected chi connectivity index (χ4v) is 3.77. The lowest BCUT2D eigenvalue weighted by atomic mass is 9.68. The van der Waals surface area contributed by atoms with Crippen molar-refractivity contribution in [2.24, 2.45) is 0 Å². The molecule has 3 rings (SSSR count). The number of carbonyl (C=O) groups is 1. The van der Waals surface area contributed by atoms with Crippen LogP contribution in [-0.2, 0) is 16.6 Å². The zero-order valence-electron chi connectivity index (χ0n) is 14.1. The maximum atomic E-state index is 12.7. The fraction of sp³-hybridized carbons (Fsp3) is 0.400. The number of ketones is 1. The molecule has 5 nitrogen and oxygen atoms in total. The summed E-state index contributed by atoms with van der Waals surface area (Å²) >= 11 is 0. The van der Waals surface area contributed by atoms with Crippen molar-refractivity contribution in [1.82, 2.24) is 9.97 Å². The van der Waals surface area contributed by atoms with Crippen LogP contribution in [0.3, 0.4) is 0 Å². The normalized spacial score (nSPS) is 16.1. The number of nitriles is 1. The first kappa shape index (κ1) is 17.1. The van der Waals surface area contributed by atoms with Gasteiger partial charge in [-0.1, -0.05) is 37.5 Å². The van der Waals surface area contributed by atoms with Crippen LogP contribution >= 0.6 is 0 Å². The number of para-hydroxylation sites is 1. The van der Waals surface area contributed by atoms with E-state index in [1.54, 1.807) is 24.4 Å². The first-order chi connectivity index (χ1) is 12.1. The SMILES string of the molecule is N#Cc1nccc(C2(CC(=O)Cc3ccccc3O)CCCCC2)n1. The molecule has 128 valence electrons. The van der Waals surface area contributed by atoms with Gasteiger partial charge in [0.05, 0.1) is 5.69 Å². The highest BCUT2D eigenvalue weighted by Gasteiger charge is 2.37. The molecule has 5 heteroatoms. The molecule has 1 fully saturated rings. The molecule has 1 aromatic carbocycles. The van der Waals surface area contributed by atoms with E-state index in [1.807, 2.05) is 18.2 Å². The molecule has 1 heterocycles. The molecule has 1 aromatic heterocycles. The summed E-state index contributed by atoms with van der Waals surface area (Å²) in [6.07, 6.45) is 7.23. The molecule has 0 aliphatic heterocycles. The van der Waals surface area contributed by atoms with E-state index < -0.39 is 0 Å². The predicted molar refractivity (Wildman–Crippen MR) is 92.9 cm³/mol. The summed E-state index contributed by atoms with van der Waals surface area (Å²) in [6, 6.07) is 10.8. The number of carbonyl (C=O) groups excluding carboxylic acids is 1. The average molecular weight is 335 g/mol. The van der Waals surface area contributed by atoms with Crippen LogP contribution in [0.1, 0.15) is 55.6 Å². The molecule has 25 heavy (non-hydrogen) atoms. The van der Waals surface area contributed by atoms with Gasteiger partial charge in [-0.25, -0.2) is 9.97 Å². The summed E-state index contributed by atoms with van der Waals surface area (Å²) in [6.45, 7) is 0. The molecule has 1 aliphatic carbocycles. The van der Waals surface area contributed by atoms with Crippen molar-refractivity contribution in [3.63, 3.8) is 0 Å². The van der Waals surface area contributed by atoms with Crippen LogP contribution in [0.5, 0.6) is 5.75 Å². The number of benzene rings is 1. The Kier molecular flexibility index (Phi) is 5.08. The van der Waals surface area contributed by atoms with Crippen LogP contribution in [0.25, 0.3) is 0 Å². The van der Waals surface area contributed by atoms with Gasteiger partial charge >= 0.3 is 0 Å². The van der Waals surface area contributed by atoms with Gasteiger partial charge in [0.15, 0.2) is 0 Å². The Morgan fingerprint density at radius 2 is 1.96 bits per heavy atom. The van der Waals surface area contributed by atoms with Crippen molar-refractivity contribution in [3.05, 3.63) is 53.6 Å². The standard InChI is InChI=1S/C20H21N3O2/c21-14-19-22-11-8-18(23-19)20(9-4-1-5-10-20)13-16(24)12-15-6-2-3-7-17(15)25/h2-3,6-8,11,25H,1,4-5,9-10,12-13H2. The number of aromatic nitrogens is 2. The Morgan fingerprint density at radius 1 is 1.20 bits per heavy atom. The number of Topliss-reactive ketones (excluding diaryl/α,β-unsaturated/α-hetero) is 1. The third-order valence-electron chi connectivity index (χ3n) is 5.02. The summed E-state index contributed by atoms with van der Waals surface area (Å²) < 4.78 is 0. The van der Waals surface area contributed by atoms with E-state index in [0.29, 0.717) is 12.0 Å². The summed E-state index contributed by atoms with van der Waals surface area (Å²) in [5.41, 5.74) is 1.12. The number of phenolic OH excluding ortho intramolecular Hbond substituents is 1. The molecule has 0 saturated heterocycles. The highest BCUT2D eigenvalue weighted by Crippen LogP contribution is 2.41. The topological polar surface area (TPSA) is 86.9 Å². The lowest BCUT2D eigenvalue weighted by Crippen LogP contribution is -2.33. The molecule has 1 aliphatic rings. The van der Waals surface area contributed by atoms with Gasteiger partial charge in [-0.3, -0.25) is 4.79 Å². The van der Waals surface area contributed by atoms with Crippen molar-refractivity contribution >= 4 is 5.78 Å². The largest absolute Gasteiger partial charge is 0.508 e. The van der Waals surface area contributed by atoms with Crippen molar-refractivity contribution in [2.45, 2.75) is 50.4 Å². The zero-order chi connectivity index (χ0) is 17.7. The predicted octanol–water partition coefficient (Wildman–Crippen LogP) is 3.46. The van der Waals surface area contributed by atoms with E-state index in [-0.39, 0.29) is 29.2 Å². The summed E-state index contributed by atoms with van der Waals surface area (Å²) in [7, 11) is 0. The third kappa shape index (κ3) is 3.85. The quantitative estimate of drug-likeness (QED) is 0.904. The number of hydrogen-bond acceptors (Lipinski definition) is 5. The Bertz CT molecular complexity index is 805. The summed E-state index contributed by atoms with van der Waals surface area (Å²) in [5, 5.41) is 19.0. The minimum absolute atomic E-state index is 0.0838. The van der Waals surface area contributed by atoms with Crippen molar-refractivity contribution in [1.29, 1.82) is 5.26 Å². The number of hydrogen-bond donors (Lipinski definition) is 1. The highest BCUT2D eigenvalue weighted by molar-refractivity contribution is 5.82. The molecule has 0 atom stereocenters. The van der Waals surface area contributed by atoms with Crippen molar-refractivity contribution in [2.75, 3.05) is 0 Å². The minimum Gasteiger partial charge on any atom is -0.508 e. The smallest absolute Gasteiger partial charge is 0.232 e. The average Bonchev–Trinajstić information content (AvgIpc) is 2.64. The van der Waals surface area contributed by atoms with Crippen molar-refractivity contribution < 1.29 is 9.90 Å². The molecule has 0 radical (unpaired) electrons. The Morgan fingerprint density at radius 3 is 2.68 bits per heavy atom. The van der Waals surface area contributed by atoms with Gasteiger partial charge in [0.1, 0.15) is 17.6 Å².